The highest BCUT2D eigenvalue weighted by Crippen LogP contribution is 2.52. The summed E-state index contributed by atoms with van der Waals surface area (Å²) in [6.45, 7) is 3.74. The number of benzene rings is 1. The lowest BCUT2D eigenvalue weighted by Crippen LogP contribution is -2.42. The van der Waals surface area contributed by atoms with Gasteiger partial charge in [0.15, 0.2) is 0 Å². The highest BCUT2D eigenvalue weighted by atomic mass is 32.2. The van der Waals surface area contributed by atoms with E-state index in [4.69, 9.17) is 0 Å². The number of halogens is 3. The van der Waals surface area contributed by atoms with Crippen molar-refractivity contribution in [1.82, 2.24) is 4.31 Å². The van der Waals surface area contributed by atoms with Gasteiger partial charge in [-0.25, -0.2) is 8.42 Å². The fourth-order valence-electron chi connectivity index (χ4n) is 3.10. The van der Waals surface area contributed by atoms with E-state index in [1.165, 1.54) is 4.31 Å². The molecule has 0 amide bonds. The first-order chi connectivity index (χ1) is 11.9. The zero-order valence-corrected chi connectivity index (χ0v) is 16.0. The molecule has 2 aliphatic rings. The zero-order chi connectivity index (χ0) is 19.4. The van der Waals surface area contributed by atoms with Crippen molar-refractivity contribution in [3.8, 4) is 0 Å². The van der Waals surface area contributed by atoms with Crippen LogP contribution in [0.25, 0.3) is 0 Å². The molecular weight excluding hydrogens is 390 g/mol. The molecule has 0 bridgehead atoms. The molecule has 1 unspecified atom stereocenters. The van der Waals surface area contributed by atoms with Gasteiger partial charge in [-0.1, -0.05) is 12.1 Å². The molecule has 0 aliphatic carbocycles. The predicted molar refractivity (Wildman–Crippen MR) is 90.3 cm³/mol. The number of alkyl halides is 3. The van der Waals surface area contributed by atoms with E-state index in [0.717, 1.165) is 24.3 Å². The normalized spacial score (nSPS) is 23.8. The number of hydrogen-bond acceptors (Lipinski definition) is 5. The number of nitrogens with zero attached hydrogens (tertiary/aromatic N) is 3. The first-order valence-corrected chi connectivity index (χ1v) is 12.2. The van der Waals surface area contributed by atoms with Gasteiger partial charge in [0.25, 0.3) is 0 Å². The summed E-state index contributed by atoms with van der Waals surface area (Å²) in [4.78, 5) is -0.0955. The Hall–Kier alpha value is -1.25. The second-order valence-electron chi connectivity index (χ2n) is 6.99. The molecule has 1 saturated heterocycles. The molecule has 26 heavy (non-hydrogen) atoms. The van der Waals surface area contributed by atoms with Gasteiger partial charge < -0.3 is 4.57 Å². The van der Waals surface area contributed by atoms with E-state index in [0.29, 0.717) is 19.4 Å². The largest absolute Gasteiger partial charge is 0.442 e. The summed E-state index contributed by atoms with van der Waals surface area (Å²) in [6, 6.07) is 4.46. The van der Waals surface area contributed by atoms with Crippen LogP contribution in [0.5, 0.6) is 0 Å². The molecule has 1 aromatic rings. The van der Waals surface area contributed by atoms with E-state index in [2.05, 4.69) is 10.2 Å². The Labute approximate surface area is 149 Å². The van der Waals surface area contributed by atoms with Crippen LogP contribution in [0.4, 0.5) is 13.2 Å². The first kappa shape index (κ1) is 19.5. The van der Waals surface area contributed by atoms with Crippen molar-refractivity contribution in [2.45, 2.75) is 35.2 Å². The fraction of sp³-hybridized carbons (Fsp3) is 0.600. The molecule has 144 valence electrons. The zero-order valence-electron chi connectivity index (χ0n) is 14.3. The van der Waals surface area contributed by atoms with Gasteiger partial charge in [0.1, 0.15) is 0 Å². The van der Waals surface area contributed by atoms with Crippen LogP contribution in [-0.2, 0) is 20.3 Å². The van der Waals surface area contributed by atoms with Crippen molar-refractivity contribution in [1.29, 1.82) is 0 Å². The maximum absolute atomic E-state index is 13.0. The molecule has 3 rings (SSSR count). The Balaban J connectivity index is 1.83. The highest BCUT2D eigenvalue weighted by molar-refractivity contribution is 7.89. The van der Waals surface area contributed by atoms with Crippen LogP contribution in [0.15, 0.2) is 39.4 Å². The maximum atomic E-state index is 13.0. The lowest BCUT2D eigenvalue weighted by atomic mass is 10.0. The molecule has 11 heteroatoms. The van der Waals surface area contributed by atoms with Gasteiger partial charge in [-0.2, -0.15) is 17.5 Å². The average Bonchev–Trinajstić information content (AvgIpc) is 3.36. The minimum absolute atomic E-state index is 0.0955. The van der Waals surface area contributed by atoms with Crippen molar-refractivity contribution < 1.29 is 26.2 Å². The van der Waals surface area contributed by atoms with Crippen LogP contribution >= 0.6 is 7.14 Å². The van der Waals surface area contributed by atoms with E-state index in [9.17, 15) is 26.2 Å². The molecule has 0 saturated carbocycles. The van der Waals surface area contributed by atoms with E-state index in [-0.39, 0.29) is 22.7 Å². The van der Waals surface area contributed by atoms with Gasteiger partial charge in [0.05, 0.1) is 12.0 Å². The summed E-state index contributed by atoms with van der Waals surface area (Å²) >= 11 is 0. The third-order valence-electron chi connectivity index (χ3n) is 4.83. The predicted octanol–water partition coefficient (Wildman–Crippen LogP) is 3.64. The summed E-state index contributed by atoms with van der Waals surface area (Å²) in [5.74, 6) is 0. The molecule has 1 atom stereocenters. The minimum atomic E-state index is -4.66. The first-order valence-electron chi connectivity index (χ1n) is 8.04. The van der Waals surface area contributed by atoms with Crippen LogP contribution in [0.2, 0.25) is 0 Å². The highest BCUT2D eigenvalue weighted by Gasteiger charge is 2.65. The van der Waals surface area contributed by atoms with Crippen LogP contribution in [0.3, 0.4) is 0 Å². The van der Waals surface area contributed by atoms with Gasteiger partial charge in [-0.3, -0.25) is 0 Å². The van der Waals surface area contributed by atoms with Crippen LogP contribution in [0.1, 0.15) is 18.4 Å². The summed E-state index contributed by atoms with van der Waals surface area (Å²) in [5, 5.41) is 6.21. The molecule has 0 spiro atoms. The Morgan fingerprint density at radius 2 is 1.77 bits per heavy atom. The summed E-state index contributed by atoms with van der Waals surface area (Å²) in [6.07, 6.45) is -3.36. The van der Waals surface area contributed by atoms with Crippen molar-refractivity contribution >= 4 is 17.2 Å². The third-order valence-corrected chi connectivity index (χ3v) is 8.89. The third kappa shape index (κ3) is 3.34. The average molecular weight is 409 g/mol. The lowest BCUT2D eigenvalue weighted by molar-refractivity contribution is -0.166. The Kier molecular flexibility index (Phi) is 4.61. The molecule has 2 aliphatic heterocycles. The second-order valence-corrected chi connectivity index (χ2v) is 12.5. The Morgan fingerprint density at radius 3 is 2.23 bits per heavy atom. The van der Waals surface area contributed by atoms with Crippen molar-refractivity contribution in [3.05, 3.63) is 29.8 Å². The molecule has 1 aromatic carbocycles. The van der Waals surface area contributed by atoms with Crippen molar-refractivity contribution in [3.63, 3.8) is 0 Å². The van der Waals surface area contributed by atoms with Crippen LogP contribution in [0, 0.1) is 0 Å². The summed E-state index contributed by atoms with van der Waals surface area (Å²) < 4.78 is 78.2. The number of hydrogen-bond donors (Lipinski definition) is 0. The van der Waals surface area contributed by atoms with Gasteiger partial charge in [0, 0.05) is 24.3 Å². The molecule has 0 radical (unpaired) electrons. The Bertz CT molecular complexity index is 872. The smallest absolute Gasteiger partial charge is 0.324 e. The molecule has 6 nitrogen and oxygen atoms in total. The second kappa shape index (κ2) is 6.14. The molecule has 2 heterocycles. The summed E-state index contributed by atoms with van der Waals surface area (Å²) in [7, 11) is -6.30. The molecule has 0 N–H and O–H groups in total. The lowest BCUT2D eigenvalue weighted by Gasteiger charge is -2.33. The van der Waals surface area contributed by atoms with E-state index < -0.39 is 29.0 Å². The topological polar surface area (TPSA) is 79.2 Å². The SMILES string of the molecule is CP(C)(=O)C1CCCN(S(=O)(=O)c2ccc(C3(C(F)(F)F)N=N3)cc2)C1. The molecule has 1 fully saturated rings. The van der Waals surface area contributed by atoms with Gasteiger partial charge in [-0.05, 0) is 38.3 Å². The minimum Gasteiger partial charge on any atom is -0.324 e. The number of rotatable bonds is 4. The molecular formula is C15H19F3N3O3PS. The van der Waals surface area contributed by atoms with Gasteiger partial charge in [-0.15, -0.1) is 10.2 Å². The van der Waals surface area contributed by atoms with Crippen LogP contribution < -0.4 is 0 Å². The maximum Gasteiger partial charge on any atom is 0.442 e. The van der Waals surface area contributed by atoms with Gasteiger partial charge in [0.2, 0.25) is 10.0 Å². The number of piperidine rings is 1. The van der Waals surface area contributed by atoms with Crippen LogP contribution in [-0.4, -0.2) is 51.0 Å². The fourth-order valence-corrected chi connectivity index (χ4v) is 6.13. The van der Waals surface area contributed by atoms with Crippen molar-refractivity contribution in [2.75, 3.05) is 26.4 Å². The summed E-state index contributed by atoms with van der Waals surface area (Å²) in [5.41, 5.74) is -2.99. The number of sulfonamides is 1. The standard InChI is InChI=1S/C15H19F3N3O3PS/c1-25(2,22)12-4-3-9-21(10-12)26(23,24)13-7-5-11(6-8-13)14(19-20-14)15(16,17)18/h5-8,12H,3-4,9-10H2,1-2H3. The van der Waals surface area contributed by atoms with E-state index in [1.54, 1.807) is 13.3 Å². The Morgan fingerprint density at radius 1 is 1.19 bits per heavy atom. The van der Waals surface area contributed by atoms with Crippen molar-refractivity contribution in [2.24, 2.45) is 10.2 Å². The molecule has 0 aromatic heterocycles. The van der Waals surface area contributed by atoms with Gasteiger partial charge >= 0.3 is 11.8 Å². The quantitative estimate of drug-likeness (QED) is 0.712. The monoisotopic (exact) mass is 409 g/mol. The van der Waals surface area contributed by atoms with E-state index in [1.807, 2.05) is 0 Å². The van der Waals surface area contributed by atoms with E-state index >= 15 is 0 Å².